The average Bonchev–Trinajstić information content (AvgIpc) is 2.29. The van der Waals surface area contributed by atoms with Gasteiger partial charge in [-0.1, -0.05) is 12.0 Å². The lowest BCUT2D eigenvalue weighted by molar-refractivity contribution is -0.0537. The number of hydrogen-bond donors (Lipinski definition) is 3. The summed E-state index contributed by atoms with van der Waals surface area (Å²) in [7, 11) is 0. The van der Waals surface area contributed by atoms with E-state index in [4.69, 9.17) is 10.6 Å². The first-order chi connectivity index (χ1) is 8.32. The molecule has 0 saturated carbocycles. The molecule has 0 heterocycles. The van der Waals surface area contributed by atoms with Crippen molar-refractivity contribution < 1.29 is 15.3 Å². The molecule has 3 N–H and O–H groups in total. The normalized spacial score (nSPS) is 16.8. The standard InChI is InChI=1S/C12H25N3O3/c1-9(6-7-11(17)12(2,3)18)10(14-15-13)5-4-8-16/h9-11,16-18H,4-8H2,1-3H3/t9-,10+,11?/m1/s1. The molecule has 6 nitrogen and oxygen atoms in total. The molecule has 3 atom stereocenters. The monoisotopic (exact) mass is 259 g/mol. The van der Waals surface area contributed by atoms with Crippen molar-refractivity contribution in [2.24, 2.45) is 11.0 Å². The molecule has 0 aliphatic rings. The third-order valence-electron chi connectivity index (χ3n) is 3.23. The van der Waals surface area contributed by atoms with Crippen LogP contribution in [0.5, 0.6) is 0 Å². The molecule has 106 valence electrons. The molecule has 0 radical (unpaired) electrons. The molecular formula is C12H25N3O3. The van der Waals surface area contributed by atoms with Crippen LogP contribution in [0, 0.1) is 5.92 Å². The van der Waals surface area contributed by atoms with Crippen molar-refractivity contribution in [3.8, 4) is 0 Å². The second-order valence-corrected chi connectivity index (χ2v) is 5.36. The predicted molar refractivity (Wildman–Crippen MR) is 70.0 cm³/mol. The van der Waals surface area contributed by atoms with E-state index in [0.29, 0.717) is 25.7 Å². The summed E-state index contributed by atoms with van der Waals surface area (Å²) in [5.74, 6) is 0.115. The van der Waals surface area contributed by atoms with E-state index in [1.54, 1.807) is 13.8 Å². The SMILES string of the molecule is C[C@H](CCC(O)C(C)(C)O)[C@H](CCCO)N=[N+]=[N-]. The van der Waals surface area contributed by atoms with E-state index in [9.17, 15) is 10.2 Å². The van der Waals surface area contributed by atoms with E-state index in [1.807, 2.05) is 6.92 Å². The zero-order chi connectivity index (χ0) is 14.2. The second kappa shape index (κ2) is 8.32. The zero-order valence-electron chi connectivity index (χ0n) is 11.5. The fraction of sp³-hybridized carbons (Fsp3) is 1.00. The molecule has 0 rings (SSSR count). The third kappa shape index (κ3) is 6.81. The average molecular weight is 259 g/mol. The van der Waals surface area contributed by atoms with Crippen molar-refractivity contribution in [1.29, 1.82) is 0 Å². The van der Waals surface area contributed by atoms with Gasteiger partial charge in [-0.15, -0.1) is 0 Å². The highest BCUT2D eigenvalue weighted by Crippen LogP contribution is 2.22. The van der Waals surface area contributed by atoms with Gasteiger partial charge >= 0.3 is 0 Å². The van der Waals surface area contributed by atoms with Crippen LogP contribution in [0.15, 0.2) is 5.11 Å². The largest absolute Gasteiger partial charge is 0.396 e. The molecule has 0 aromatic heterocycles. The van der Waals surface area contributed by atoms with E-state index in [1.165, 1.54) is 0 Å². The molecule has 0 aliphatic heterocycles. The molecular weight excluding hydrogens is 234 g/mol. The van der Waals surface area contributed by atoms with Crippen LogP contribution in [-0.4, -0.2) is 39.7 Å². The molecule has 0 aromatic rings. The van der Waals surface area contributed by atoms with Crippen molar-refractivity contribution in [2.75, 3.05) is 6.61 Å². The second-order valence-electron chi connectivity index (χ2n) is 5.36. The van der Waals surface area contributed by atoms with Crippen molar-refractivity contribution in [3.05, 3.63) is 10.4 Å². The molecule has 1 unspecified atom stereocenters. The fourth-order valence-electron chi connectivity index (χ4n) is 1.79. The van der Waals surface area contributed by atoms with Gasteiger partial charge in [-0.2, -0.15) is 0 Å². The molecule has 0 saturated heterocycles. The highest BCUT2D eigenvalue weighted by Gasteiger charge is 2.25. The van der Waals surface area contributed by atoms with Crippen LogP contribution in [0.4, 0.5) is 0 Å². The molecule has 0 amide bonds. The van der Waals surface area contributed by atoms with Gasteiger partial charge in [-0.25, -0.2) is 0 Å². The first kappa shape index (κ1) is 17.2. The fourth-order valence-corrected chi connectivity index (χ4v) is 1.79. The lowest BCUT2D eigenvalue weighted by Crippen LogP contribution is -2.36. The minimum absolute atomic E-state index is 0.0798. The Kier molecular flexibility index (Phi) is 7.95. The van der Waals surface area contributed by atoms with Gasteiger partial charge in [0, 0.05) is 17.6 Å². The maximum Gasteiger partial charge on any atom is 0.0849 e. The van der Waals surface area contributed by atoms with Crippen LogP contribution in [0.2, 0.25) is 0 Å². The van der Waals surface area contributed by atoms with Crippen molar-refractivity contribution in [1.82, 2.24) is 0 Å². The van der Waals surface area contributed by atoms with E-state index >= 15 is 0 Å². The Bertz CT molecular complexity index is 272. The van der Waals surface area contributed by atoms with Crippen molar-refractivity contribution in [3.63, 3.8) is 0 Å². The summed E-state index contributed by atoms with van der Waals surface area (Å²) < 4.78 is 0. The molecule has 0 aromatic carbocycles. The van der Waals surface area contributed by atoms with E-state index < -0.39 is 11.7 Å². The van der Waals surface area contributed by atoms with Crippen molar-refractivity contribution in [2.45, 2.75) is 64.2 Å². The minimum Gasteiger partial charge on any atom is -0.396 e. The van der Waals surface area contributed by atoms with Crippen LogP contribution < -0.4 is 0 Å². The van der Waals surface area contributed by atoms with Gasteiger partial charge in [-0.3, -0.25) is 0 Å². The number of hydrogen-bond acceptors (Lipinski definition) is 4. The van der Waals surface area contributed by atoms with Crippen LogP contribution in [0.1, 0.15) is 46.5 Å². The number of aliphatic hydroxyl groups excluding tert-OH is 2. The maximum atomic E-state index is 9.73. The Morgan fingerprint density at radius 1 is 1.28 bits per heavy atom. The smallest absolute Gasteiger partial charge is 0.0849 e. The van der Waals surface area contributed by atoms with Crippen LogP contribution in [0.25, 0.3) is 10.4 Å². The maximum absolute atomic E-state index is 9.73. The van der Waals surface area contributed by atoms with Crippen LogP contribution in [-0.2, 0) is 0 Å². The van der Waals surface area contributed by atoms with Gasteiger partial charge in [0.1, 0.15) is 0 Å². The number of nitrogens with zero attached hydrogens (tertiary/aromatic N) is 3. The summed E-state index contributed by atoms with van der Waals surface area (Å²) in [6.07, 6.45) is 1.58. The number of azide groups is 1. The first-order valence-corrected chi connectivity index (χ1v) is 6.38. The summed E-state index contributed by atoms with van der Waals surface area (Å²) in [4.78, 5) is 2.82. The van der Waals surface area contributed by atoms with E-state index in [2.05, 4.69) is 10.0 Å². The summed E-state index contributed by atoms with van der Waals surface area (Å²) in [5, 5.41) is 31.9. The Hall–Kier alpha value is -0.810. The van der Waals surface area contributed by atoms with Crippen LogP contribution >= 0.6 is 0 Å². The highest BCUT2D eigenvalue weighted by atomic mass is 16.3. The van der Waals surface area contributed by atoms with E-state index in [0.717, 1.165) is 0 Å². The number of rotatable bonds is 9. The molecule has 18 heavy (non-hydrogen) atoms. The Balaban J connectivity index is 4.25. The quantitative estimate of drug-likeness (QED) is 0.334. The minimum atomic E-state index is -1.11. The highest BCUT2D eigenvalue weighted by molar-refractivity contribution is 4.80. The van der Waals surface area contributed by atoms with Gasteiger partial charge in [0.2, 0.25) is 0 Å². The van der Waals surface area contributed by atoms with E-state index in [-0.39, 0.29) is 18.6 Å². The Labute approximate surface area is 108 Å². The van der Waals surface area contributed by atoms with Gasteiger partial charge in [-0.05, 0) is 51.0 Å². The van der Waals surface area contributed by atoms with Gasteiger partial charge in [0.25, 0.3) is 0 Å². The van der Waals surface area contributed by atoms with Gasteiger partial charge in [0.05, 0.1) is 11.7 Å². The molecule has 0 bridgehead atoms. The lowest BCUT2D eigenvalue weighted by Gasteiger charge is -2.27. The summed E-state index contributed by atoms with van der Waals surface area (Å²) in [5.41, 5.74) is 7.39. The Morgan fingerprint density at radius 3 is 2.33 bits per heavy atom. The third-order valence-corrected chi connectivity index (χ3v) is 3.23. The first-order valence-electron chi connectivity index (χ1n) is 6.38. The summed E-state index contributed by atoms with van der Waals surface area (Å²) >= 11 is 0. The Morgan fingerprint density at radius 2 is 1.89 bits per heavy atom. The lowest BCUT2D eigenvalue weighted by atomic mass is 9.89. The topological polar surface area (TPSA) is 109 Å². The molecule has 6 heteroatoms. The van der Waals surface area contributed by atoms with Crippen molar-refractivity contribution >= 4 is 0 Å². The molecule has 0 aliphatic carbocycles. The molecule has 0 fully saturated rings. The zero-order valence-corrected chi connectivity index (χ0v) is 11.5. The number of aliphatic hydroxyl groups is 3. The van der Waals surface area contributed by atoms with Crippen LogP contribution in [0.3, 0.4) is 0 Å². The van der Waals surface area contributed by atoms with Gasteiger partial charge < -0.3 is 15.3 Å². The predicted octanol–water partition coefficient (Wildman–Crippen LogP) is 1.99. The van der Waals surface area contributed by atoms with Gasteiger partial charge in [0.15, 0.2) is 0 Å². The summed E-state index contributed by atoms with van der Waals surface area (Å²) in [6, 6.07) is -0.170. The molecule has 0 spiro atoms. The summed E-state index contributed by atoms with van der Waals surface area (Å²) in [6.45, 7) is 5.17.